The lowest BCUT2D eigenvalue weighted by Gasteiger charge is -2.18. The van der Waals surface area contributed by atoms with Gasteiger partial charge in [-0.3, -0.25) is 4.79 Å². The molecule has 1 amide bonds. The van der Waals surface area contributed by atoms with Crippen LogP contribution in [-0.2, 0) is 14.8 Å². The predicted octanol–water partition coefficient (Wildman–Crippen LogP) is 3.61. The molecule has 1 heterocycles. The fourth-order valence-corrected chi connectivity index (χ4v) is 5.01. The van der Waals surface area contributed by atoms with Crippen molar-refractivity contribution in [1.82, 2.24) is 19.4 Å². The molecule has 8 nitrogen and oxygen atoms in total. The van der Waals surface area contributed by atoms with Crippen LogP contribution < -0.4 is 5.32 Å². The number of amides is 1. The Balaban J connectivity index is 2.19. The molecule has 0 saturated heterocycles. The van der Waals surface area contributed by atoms with E-state index < -0.39 is 15.9 Å². The average Bonchev–Trinajstić information content (AvgIpc) is 3.28. The third-order valence-corrected chi connectivity index (χ3v) is 7.26. The first-order chi connectivity index (χ1) is 16.3. The van der Waals surface area contributed by atoms with Gasteiger partial charge in [0.05, 0.1) is 10.6 Å². The largest absolute Gasteiger partial charge is 0.352 e. The summed E-state index contributed by atoms with van der Waals surface area (Å²) in [5.41, 5.74) is 2.25. The molecule has 0 fully saturated rings. The van der Waals surface area contributed by atoms with Crippen LogP contribution in [0.15, 0.2) is 71.3 Å². The van der Waals surface area contributed by atoms with Gasteiger partial charge in [-0.2, -0.15) is 14.7 Å². The molecule has 1 N–H and O–H groups in total. The van der Waals surface area contributed by atoms with Crippen molar-refractivity contribution in [2.24, 2.45) is 0 Å². The van der Waals surface area contributed by atoms with Crippen LogP contribution in [0, 0.1) is 11.3 Å². The SMILES string of the molecule is CCNC(=O)C(C#N)=Cc1cn(-c2ccccc2)nc1-c1cccc(S(=O)(=O)N(CC)CC)c1. The van der Waals surface area contributed by atoms with Crippen LogP contribution in [0.2, 0.25) is 0 Å². The highest BCUT2D eigenvalue weighted by Gasteiger charge is 2.23. The van der Waals surface area contributed by atoms with Gasteiger partial charge in [-0.15, -0.1) is 0 Å². The molecular weight excluding hydrogens is 450 g/mol. The molecule has 0 spiro atoms. The van der Waals surface area contributed by atoms with Crippen LogP contribution in [0.25, 0.3) is 23.0 Å². The number of carbonyl (C=O) groups is 1. The molecular formula is C25H27N5O3S. The van der Waals surface area contributed by atoms with Crippen molar-refractivity contribution in [3.8, 4) is 23.0 Å². The summed E-state index contributed by atoms with van der Waals surface area (Å²) in [5, 5.41) is 16.8. The number of hydrogen-bond acceptors (Lipinski definition) is 5. The molecule has 1 aromatic heterocycles. The summed E-state index contributed by atoms with van der Waals surface area (Å²) in [7, 11) is -3.67. The lowest BCUT2D eigenvalue weighted by Crippen LogP contribution is -2.30. The molecule has 0 aliphatic rings. The van der Waals surface area contributed by atoms with E-state index in [9.17, 15) is 18.5 Å². The summed E-state index contributed by atoms with van der Waals surface area (Å²) in [4.78, 5) is 12.5. The van der Waals surface area contributed by atoms with Gasteiger partial charge in [0.2, 0.25) is 10.0 Å². The van der Waals surface area contributed by atoms with Gasteiger partial charge >= 0.3 is 0 Å². The maximum Gasteiger partial charge on any atom is 0.261 e. The van der Waals surface area contributed by atoms with Crippen molar-refractivity contribution in [2.45, 2.75) is 25.7 Å². The highest BCUT2D eigenvalue weighted by Crippen LogP contribution is 2.28. The first kappa shape index (κ1) is 24.9. The molecule has 0 saturated carbocycles. The first-order valence-corrected chi connectivity index (χ1v) is 12.4. The highest BCUT2D eigenvalue weighted by molar-refractivity contribution is 7.89. The lowest BCUT2D eigenvalue weighted by atomic mass is 10.1. The van der Waals surface area contributed by atoms with Crippen molar-refractivity contribution in [2.75, 3.05) is 19.6 Å². The number of likely N-dealkylation sites (N-methyl/N-ethyl adjacent to an activating group) is 1. The average molecular weight is 478 g/mol. The van der Waals surface area contributed by atoms with E-state index in [1.54, 1.807) is 55.9 Å². The second-order valence-corrected chi connectivity index (χ2v) is 9.30. The second kappa shape index (κ2) is 10.9. The third kappa shape index (κ3) is 5.25. The number of hydrogen-bond donors (Lipinski definition) is 1. The Morgan fingerprint density at radius 1 is 1.12 bits per heavy atom. The first-order valence-electron chi connectivity index (χ1n) is 11.0. The van der Waals surface area contributed by atoms with Crippen LogP contribution >= 0.6 is 0 Å². The molecule has 0 aliphatic heterocycles. The number of nitrogens with one attached hydrogen (secondary N) is 1. The van der Waals surface area contributed by atoms with Gasteiger partial charge < -0.3 is 5.32 Å². The third-order valence-electron chi connectivity index (χ3n) is 5.22. The second-order valence-electron chi connectivity index (χ2n) is 7.36. The molecule has 3 aromatic rings. The number of aromatic nitrogens is 2. The van der Waals surface area contributed by atoms with E-state index in [0.717, 1.165) is 5.69 Å². The topological polar surface area (TPSA) is 108 Å². The van der Waals surface area contributed by atoms with Crippen molar-refractivity contribution in [1.29, 1.82) is 5.26 Å². The number of benzene rings is 2. The molecule has 0 atom stereocenters. The van der Waals surface area contributed by atoms with E-state index in [1.807, 2.05) is 36.4 Å². The number of carbonyl (C=O) groups excluding carboxylic acids is 1. The number of nitrogens with zero attached hydrogens (tertiary/aromatic N) is 4. The zero-order valence-electron chi connectivity index (χ0n) is 19.4. The molecule has 0 radical (unpaired) electrons. The smallest absolute Gasteiger partial charge is 0.261 e. The van der Waals surface area contributed by atoms with Gasteiger partial charge in [0, 0.05) is 37.0 Å². The van der Waals surface area contributed by atoms with Gasteiger partial charge in [-0.1, -0.05) is 44.2 Å². The lowest BCUT2D eigenvalue weighted by molar-refractivity contribution is -0.116. The van der Waals surface area contributed by atoms with Gasteiger partial charge in [-0.05, 0) is 37.3 Å². The van der Waals surface area contributed by atoms with Gasteiger partial charge in [0.25, 0.3) is 5.91 Å². The summed E-state index contributed by atoms with van der Waals surface area (Å²) < 4.78 is 29.2. The molecule has 34 heavy (non-hydrogen) atoms. The number of rotatable bonds is 9. The predicted molar refractivity (Wildman–Crippen MR) is 131 cm³/mol. The summed E-state index contributed by atoms with van der Waals surface area (Å²) in [5.74, 6) is -0.485. The van der Waals surface area contributed by atoms with E-state index in [2.05, 4.69) is 10.4 Å². The molecule has 0 bridgehead atoms. The Morgan fingerprint density at radius 3 is 2.44 bits per heavy atom. The minimum absolute atomic E-state index is 0.0670. The van der Waals surface area contributed by atoms with Gasteiger partial charge in [-0.25, -0.2) is 13.1 Å². The van der Waals surface area contributed by atoms with Crippen LogP contribution in [0.3, 0.4) is 0 Å². The molecule has 9 heteroatoms. The highest BCUT2D eigenvalue weighted by atomic mass is 32.2. The summed E-state index contributed by atoms with van der Waals surface area (Å²) in [6.07, 6.45) is 3.19. The molecule has 0 unspecified atom stereocenters. The maximum absolute atomic E-state index is 13.1. The van der Waals surface area contributed by atoms with E-state index in [4.69, 9.17) is 0 Å². The Hall–Kier alpha value is -3.74. The van der Waals surface area contributed by atoms with Gasteiger partial charge in [0.1, 0.15) is 17.3 Å². The van der Waals surface area contributed by atoms with Gasteiger partial charge in [0.15, 0.2) is 0 Å². The standard InChI is InChI=1S/C25H27N5O3S/c1-4-27-25(31)20(17-26)15-21-18-30(22-12-8-7-9-13-22)28-24(21)19-11-10-14-23(16-19)34(32,33)29(5-2)6-3/h7-16,18H,4-6H2,1-3H3,(H,27,31). The van der Waals surface area contributed by atoms with Crippen molar-refractivity contribution < 1.29 is 13.2 Å². The Bertz CT molecular complexity index is 1330. The summed E-state index contributed by atoms with van der Waals surface area (Å²) in [6.45, 7) is 6.46. The van der Waals surface area contributed by atoms with Crippen molar-refractivity contribution >= 4 is 22.0 Å². The Morgan fingerprint density at radius 2 is 1.82 bits per heavy atom. The van der Waals surface area contributed by atoms with Crippen LogP contribution in [-0.4, -0.2) is 48.0 Å². The van der Waals surface area contributed by atoms with Crippen LogP contribution in [0.4, 0.5) is 0 Å². The minimum Gasteiger partial charge on any atom is -0.352 e. The quantitative estimate of drug-likeness (QED) is 0.374. The molecule has 176 valence electrons. The monoisotopic (exact) mass is 477 g/mol. The fraction of sp³-hybridized carbons (Fsp3) is 0.240. The van der Waals surface area contributed by atoms with E-state index in [0.29, 0.717) is 36.5 Å². The fourth-order valence-electron chi connectivity index (χ4n) is 3.51. The molecule has 2 aromatic carbocycles. The van der Waals surface area contributed by atoms with E-state index in [1.165, 1.54) is 10.4 Å². The number of sulfonamides is 1. The van der Waals surface area contributed by atoms with E-state index in [-0.39, 0.29) is 10.5 Å². The zero-order valence-corrected chi connectivity index (χ0v) is 20.2. The maximum atomic E-state index is 13.1. The number of para-hydroxylation sites is 1. The molecule has 0 aliphatic carbocycles. The Labute approximate surface area is 200 Å². The molecule has 3 rings (SSSR count). The zero-order chi connectivity index (χ0) is 24.7. The number of nitriles is 1. The van der Waals surface area contributed by atoms with Crippen molar-refractivity contribution in [3.05, 3.63) is 71.9 Å². The van der Waals surface area contributed by atoms with E-state index >= 15 is 0 Å². The Kier molecular flexibility index (Phi) is 7.99. The van der Waals surface area contributed by atoms with Crippen molar-refractivity contribution in [3.63, 3.8) is 0 Å². The van der Waals surface area contributed by atoms with Crippen LogP contribution in [0.5, 0.6) is 0 Å². The minimum atomic E-state index is -3.67. The van der Waals surface area contributed by atoms with Crippen LogP contribution in [0.1, 0.15) is 26.3 Å². The summed E-state index contributed by atoms with van der Waals surface area (Å²) in [6, 6.07) is 17.9. The summed E-state index contributed by atoms with van der Waals surface area (Å²) >= 11 is 0. The normalized spacial score (nSPS) is 11.9.